The molecule has 4 nitrogen and oxygen atoms in total. The van der Waals surface area contributed by atoms with Gasteiger partial charge in [-0.2, -0.15) is 5.26 Å². The zero-order valence-corrected chi connectivity index (χ0v) is 10.4. The summed E-state index contributed by atoms with van der Waals surface area (Å²) in [6.07, 6.45) is 9.60. The van der Waals surface area contributed by atoms with E-state index >= 15 is 0 Å². The fourth-order valence-corrected chi connectivity index (χ4v) is 2.50. The van der Waals surface area contributed by atoms with Crippen molar-refractivity contribution in [3.05, 3.63) is 18.2 Å². The number of aromatic nitrogens is 2. The number of hydrogen-bond donors (Lipinski definition) is 1. The second kappa shape index (κ2) is 5.83. The van der Waals surface area contributed by atoms with E-state index in [0.29, 0.717) is 6.04 Å². The SMILES string of the molecule is Cn1ccnc1CNC1CCCCCC1C#N. The molecule has 1 N–H and O–H groups in total. The molecular formula is C13H20N4. The lowest BCUT2D eigenvalue weighted by Crippen LogP contribution is -2.35. The van der Waals surface area contributed by atoms with Crippen molar-refractivity contribution in [2.75, 3.05) is 0 Å². The van der Waals surface area contributed by atoms with Gasteiger partial charge in [0.2, 0.25) is 0 Å². The van der Waals surface area contributed by atoms with E-state index in [9.17, 15) is 5.26 Å². The summed E-state index contributed by atoms with van der Waals surface area (Å²) in [4.78, 5) is 4.29. The Morgan fingerprint density at radius 1 is 1.47 bits per heavy atom. The lowest BCUT2D eigenvalue weighted by molar-refractivity contribution is 0.387. The van der Waals surface area contributed by atoms with Gasteiger partial charge in [0.25, 0.3) is 0 Å². The first-order valence-corrected chi connectivity index (χ1v) is 6.40. The van der Waals surface area contributed by atoms with Gasteiger partial charge in [-0.1, -0.05) is 19.3 Å². The third-order valence-corrected chi connectivity index (χ3v) is 3.63. The van der Waals surface area contributed by atoms with Crippen molar-refractivity contribution < 1.29 is 0 Å². The zero-order valence-electron chi connectivity index (χ0n) is 10.4. The molecule has 1 heterocycles. The lowest BCUT2D eigenvalue weighted by atomic mass is 9.96. The highest BCUT2D eigenvalue weighted by atomic mass is 15.1. The number of aryl methyl sites for hydroxylation is 1. The van der Waals surface area contributed by atoms with Crippen molar-refractivity contribution in [1.82, 2.24) is 14.9 Å². The van der Waals surface area contributed by atoms with Gasteiger partial charge in [-0.15, -0.1) is 0 Å². The summed E-state index contributed by atoms with van der Waals surface area (Å²) in [6, 6.07) is 2.78. The average molecular weight is 232 g/mol. The Hall–Kier alpha value is -1.34. The number of nitrogens with one attached hydrogen (secondary N) is 1. The Kier molecular flexibility index (Phi) is 4.16. The Morgan fingerprint density at radius 2 is 2.29 bits per heavy atom. The fraction of sp³-hybridized carbons (Fsp3) is 0.692. The molecule has 17 heavy (non-hydrogen) atoms. The number of nitriles is 1. The maximum absolute atomic E-state index is 9.19. The monoisotopic (exact) mass is 232 g/mol. The summed E-state index contributed by atoms with van der Waals surface area (Å²) in [6.45, 7) is 0.756. The van der Waals surface area contributed by atoms with Gasteiger partial charge in [-0.25, -0.2) is 4.98 Å². The van der Waals surface area contributed by atoms with Crippen LogP contribution in [0.3, 0.4) is 0 Å². The fourth-order valence-electron chi connectivity index (χ4n) is 2.50. The van der Waals surface area contributed by atoms with E-state index in [0.717, 1.165) is 25.2 Å². The van der Waals surface area contributed by atoms with Crippen molar-refractivity contribution in [2.24, 2.45) is 13.0 Å². The molecule has 92 valence electrons. The van der Waals surface area contributed by atoms with Crippen LogP contribution in [0, 0.1) is 17.2 Å². The Balaban J connectivity index is 1.92. The van der Waals surface area contributed by atoms with Gasteiger partial charge in [0, 0.05) is 25.5 Å². The standard InChI is InChI=1S/C13H20N4/c1-17-8-7-15-13(17)10-16-12-6-4-2-3-5-11(12)9-14/h7-8,11-12,16H,2-6,10H2,1H3. The van der Waals surface area contributed by atoms with Crippen LogP contribution in [-0.2, 0) is 13.6 Å². The zero-order chi connectivity index (χ0) is 12.1. The van der Waals surface area contributed by atoms with Gasteiger partial charge in [0.05, 0.1) is 18.5 Å². The van der Waals surface area contributed by atoms with Gasteiger partial charge in [0.15, 0.2) is 0 Å². The van der Waals surface area contributed by atoms with Crippen molar-refractivity contribution in [3.8, 4) is 6.07 Å². The minimum atomic E-state index is 0.165. The van der Waals surface area contributed by atoms with Gasteiger partial charge < -0.3 is 9.88 Å². The average Bonchev–Trinajstić information content (AvgIpc) is 2.63. The van der Waals surface area contributed by atoms with Gasteiger partial charge in [-0.05, 0) is 12.8 Å². The summed E-state index contributed by atoms with van der Waals surface area (Å²) >= 11 is 0. The van der Waals surface area contributed by atoms with Crippen LogP contribution in [0.2, 0.25) is 0 Å². The molecule has 0 radical (unpaired) electrons. The molecule has 0 spiro atoms. The number of imidazole rings is 1. The Morgan fingerprint density at radius 3 is 3.00 bits per heavy atom. The quantitative estimate of drug-likeness (QED) is 0.811. The minimum Gasteiger partial charge on any atom is -0.337 e. The molecule has 0 bridgehead atoms. The van der Waals surface area contributed by atoms with E-state index in [1.807, 2.05) is 24.0 Å². The van der Waals surface area contributed by atoms with Crippen molar-refractivity contribution in [3.63, 3.8) is 0 Å². The lowest BCUT2D eigenvalue weighted by Gasteiger charge is -2.20. The summed E-state index contributed by atoms with van der Waals surface area (Å²) in [5.74, 6) is 1.20. The van der Waals surface area contributed by atoms with E-state index in [2.05, 4.69) is 16.4 Å². The van der Waals surface area contributed by atoms with Gasteiger partial charge in [-0.3, -0.25) is 0 Å². The normalized spacial score (nSPS) is 25.2. The first-order valence-electron chi connectivity index (χ1n) is 6.40. The molecule has 0 aliphatic heterocycles. The molecule has 0 aromatic carbocycles. The summed E-state index contributed by atoms with van der Waals surface area (Å²) in [7, 11) is 2.00. The highest BCUT2D eigenvalue weighted by Gasteiger charge is 2.23. The van der Waals surface area contributed by atoms with Crippen molar-refractivity contribution in [1.29, 1.82) is 5.26 Å². The van der Waals surface area contributed by atoms with Gasteiger partial charge >= 0.3 is 0 Å². The maximum atomic E-state index is 9.19. The third kappa shape index (κ3) is 3.07. The van der Waals surface area contributed by atoms with Crippen LogP contribution in [-0.4, -0.2) is 15.6 Å². The van der Waals surface area contributed by atoms with Crippen LogP contribution in [0.5, 0.6) is 0 Å². The van der Waals surface area contributed by atoms with Crippen molar-refractivity contribution >= 4 is 0 Å². The molecule has 1 saturated carbocycles. The van der Waals surface area contributed by atoms with Crippen LogP contribution >= 0.6 is 0 Å². The molecule has 1 aromatic rings. The Labute approximate surface area is 103 Å². The summed E-state index contributed by atoms with van der Waals surface area (Å²) in [5.41, 5.74) is 0. The molecular weight excluding hydrogens is 212 g/mol. The topological polar surface area (TPSA) is 53.6 Å². The molecule has 1 fully saturated rings. The van der Waals surface area contributed by atoms with E-state index in [1.165, 1.54) is 19.3 Å². The largest absolute Gasteiger partial charge is 0.337 e. The van der Waals surface area contributed by atoms with Gasteiger partial charge in [0.1, 0.15) is 5.82 Å². The molecule has 1 aliphatic carbocycles. The van der Waals surface area contributed by atoms with Crippen LogP contribution < -0.4 is 5.32 Å². The predicted molar refractivity (Wildman–Crippen MR) is 66.0 cm³/mol. The molecule has 2 atom stereocenters. The highest BCUT2D eigenvalue weighted by molar-refractivity contribution is 4.96. The van der Waals surface area contributed by atoms with E-state index in [4.69, 9.17) is 0 Å². The van der Waals surface area contributed by atoms with E-state index < -0.39 is 0 Å². The van der Waals surface area contributed by atoms with E-state index in [-0.39, 0.29) is 5.92 Å². The van der Waals surface area contributed by atoms with Crippen LogP contribution in [0.1, 0.15) is 37.9 Å². The van der Waals surface area contributed by atoms with Crippen LogP contribution in [0.15, 0.2) is 12.4 Å². The first kappa shape index (κ1) is 12.1. The highest BCUT2D eigenvalue weighted by Crippen LogP contribution is 2.23. The Bertz CT molecular complexity index is 390. The second-order valence-corrected chi connectivity index (χ2v) is 4.82. The molecule has 1 aromatic heterocycles. The second-order valence-electron chi connectivity index (χ2n) is 4.82. The minimum absolute atomic E-state index is 0.165. The van der Waals surface area contributed by atoms with Crippen molar-refractivity contribution in [2.45, 2.75) is 44.7 Å². The predicted octanol–water partition coefficient (Wildman–Crippen LogP) is 1.98. The summed E-state index contributed by atoms with van der Waals surface area (Å²) in [5, 5.41) is 12.7. The molecule has 0 amide bonds. The van der Waals surface area contributed by atoms with Crippen LogP contribution in [0.25, 0.3) is 0 Å². The molecule has 2 rings (SSSR count). The first-order chi connectivity index (χ1) is 8.31. The smallest absolute Gasteiger partial charge is 0.122 e. The molecule has 4 heteroatoms. The molecule has 1 aliphatic rings. The summed E-state index contributed by atoms with van der Waals surface area (Å²) < 4.78 is 2.02. The van der Waals surface area contributed by atoms with Crippen LogP contribution in [0.4, 0.5) is 0 Å². The molecule has 0 saturated heterocycles. The van der Waals surface area contributed by atoms with E-state index in [1.54, 1.807) is 0 Å². The number of hydrogen-bond acceptors (Lipinski definition) is 3. The number of rotatable bonds is 3. The number of nitrogens with zero attached hydrogens (tertiary/aromatic N) is 3. The maximum Gasteiger partial charge on any atom is 0.122 e. The molecule has 2 unspecified atom stereocenters. The third-order valence-electron chi connectivity index (χ3n) is 3.63.